The predicted octanol–water partition coefficient (Wildman–Crippen LogP) is 2.86. The van der Waals surface area contributed by atoms with Gasteiger partial charge in [0.25, 0.3) is 0 Å². The number of hydrogen-bond donors (Lipinski definition) is 1. The number of para-hydroxylation sites is 1. The Labute approximate surface area is 108 Å². The van der Waals surface area contributed by atoms with E-state index in [0.717, 1.165) is 19.4 Å². The molecule has 0 bridgehead atoms. The number of carboxylic acid groups (broad SMARTS) is 1. The smallest absolute Gasteiger partial charge is 0.311 e. The maximum Gasteiger partial charge on any atom is 0.311 e. The molecule has 0 aromatic heterocycles. The van der Waals surface area contributed by atoms with Gasteiger partial charge in [0.15, 0.2) is 0 Å². The molecule has 0 radical (unpaired) electrons. The van der Waals surface area contributed by atoms with Crippen LogP contribution < -0.4 is 4.90 Å². The minimum atomic E-state index is -0.684. The molecule has 18 heavy (non-hydrogen) atoms. The van der Waals surface area contributed by atoms with Gasteiger partial charge in [0.2, 0.25) is 0 Å². The summed E-state index contributed by atoms with van der Waals surface area (Å²) in [6.45, 7) is 7.54. The van der Waals surface area contributed by atoms with E-state index in [9.17, 15) is 9.90 Å². The average molecular weight is 247 g/mol. The molecule has 1 aliphatic rings. The van der Waals surface area contributed by atoms with Crippen LogP contribution in [0, 0.1) is 12.3 Å². The van der Waals surface area contributed by atoms with Crippen molar-refractivity contribution >= 4 is 11.7 Å². The van der Waals surface area contributed by atoms with Crippen LogP contribution in [0.25, 0.3) is 0 Å². The summed E-state index contributed by atoms with van der Waals surface area (Å²) in [6.07, 6.45) is 1.71. The molecule has 1 atom stereocenters. The summed E-state index contributed by atoms with van der Waals surface area (Å²) >= 11 is 0. The van der Waals surface area contributed by atoms with Crippen molar-refractivity contribution in [2.24, 2.45) is 5.41 Å². The highest BCUT2D eigenvalue weighted by Gasteiger charge is 2.41. The number of anilines is 1. The van der Waals surface area contributed by atoms with E-state index in [1.54, 1.807) is 0 Å². The lowest BCUT2D eigenvalue weighted by atomic mass is 9.90. The largest absolute Gasteiger partial charge is 0.481 e. The first-order valence-electron chi connectivity index (χ1n) is 6.55. The molecule has 3 nitrogen and oxygen atoms in total. The molecule has 1 fully saturated rings. The van der Waals surface area contributed by atoms with Gasteiger partial charge in [0.1, 0.15) is 0 Å². The minimum absolute atomic E-state index is 0.604. The average Bonchev–Trinajstić information content (AvgIpc) is 2.72. The number of carbonyl (C=O) groups is 1. The second-order valence-corrected chi connectivity index (χ2v) is 5.47. The zero-order valence-electron chi connectivity index (χ0n) is 11.4. The van der Waals surface area contributed by atoms with Gasteiger partial charge in [-0.25, -0.2) is 0 Å². The highest BCUT2D eigenvalue weighted by atomic mass is 16.4. The van der Waals surface area contributed by atoms with Gasteiger partial charge in [-0.3, -0.25) is 4.79 Å². The number of rotatable bonds is 3. The van der Waals surface area contributed by atoms with Gasteiger partial charge in [-0.05, 0) is 37.8 Å². The Morgan fingerprint density at radius 3 is 2.78 bits per heavy atom. The maximum absolute atomic E-state index is 11.3. The molecule has 1 aromatic carbocycles. The van der Waals surface area contributed by atoms with E-state index in [0.29, 0.717) is 6.54 Å². The molecule has 1 heterocycles. The first kappa shape index (κ1) is 12.9. The van der Waals surface area contributed by atoms with Crippen LogP contribution in [-0.2, 0) is 11.2 Å². The third-order valence-corrected chi connectivity index (χ3v) is 4.01. The number of hydrogen-bond acceptors (Lipinski definition) is 2. The molecular weight excluding hydrogens is 226 g/mol. The molecule has 0 amide bonds. The van der Waals surface area contributed by atoms with Gasteiger partial charge in [-0.15, -0.1) is 0 Å². The van der Waals surface area contributed by atoms with Crippen molar-refractivity contribution in [1.29, 1.82) is 0 Å². The van der Waals surface area contributed by atoms with E-state index in [-0.39, 0.29) is 0 Å². The molecule has 3 heteroatoms. The topological polar surface area (TPSA) is 40.5 Å². The van der Waals surface area contributed by atoms with Gasteiger partial charge in [0, 0.05) is 18.8 Å². The van der Waals surface area contributed by atoms with E-state index >= 15 is 0 Å². The molecule has 0 aliphatic carbocycles. The zero-order chi connectivity index (χ0) is 13.3. The summed E-state index contributed by atoms with van der Waals surface area (Å²) < 4.78 is 0. The third kappa shape index (κ3) is 2.09. The Morgan fingerprint density at radius 1 is 1.50 bits per heavy atom. The summed E-state index contributed by atoms with van der Waals surface area (Å²) in [7, 11) is 0. The molecule has 0 spiro atoms. The molecule has 1 aromatic rings. The van der Waals surface area contributed by atoms with Crippen LogP contribution in [-0.4, -0.2) is 24.2 Å². The summed E-state index contributed by atoms with van der Waals surface area (Å²) in [6, 6.07) is 6.31. The Hall–Kier alpha value is -1.51. The van der Waals surface area contributed by atoms with Crippen LogP contribution in [0.5, 0.6) is 0 Å². The second-order valence-electron chi connectivity index (χ2n) is 5.47. The summed E-state index contributed by atoms with van der Waals surface area (Å²) in [4.78, 5) is 13.6. The molecule has 98 valence electrons. The van der Waals surface area contributed by atoms with Gasteiger partial charge in [-0.1, -0.05) is 25.1 Å². The van der Waals surface area contributed by atoms with Crippen LogP contribution in [0.1, 0.15) is 31.4 Å². The van der Waals surface area contributed by atoms with E-state index in [4.69, 9.17) is 0 Å². The molecule has 1 saturated heterocycles. The number of nitrogens with zero attached hydrogens (tertiary/aromatic N) is 1. The van der Waals surface area contributed by atoms with Crippen molar-refractivity contribution in [1.82, 2.24) is 0 Å². The summed E-state index contributed by atoms with van der Waals surface area (Å²) in [5.74, 6) is -0.684. The lowest BCUT2D eigenvalue weighted by molar-refractivity contribution is -0.146. The lowest BCUT2D eigenvalue weighted by Crippen LogP contribution is -2.32. The SMILES string of the molecule is CCc1cccc(C)c1N1CCC(C)(C(=O)O)C1. The Bertz CT molecular complexity index is 470. The van der Waals surface area contributed by atoms with Crippen molar-refractivity contribution in [3.63, 3.8) is 0 Å². The van der Waals surface area contributed by atoms with Crippen LogP contribution in [0.15, 0.2) is 18.2 Å². The molecule has 1 aliphatic heterocycles. The Balaban J connectivity index is 2.32. The standard InChI is InChI=1S/C15H21NO2/c1-4-12-7-5-6-11(2)13(12)16-9-8-15(3,10-16)14(17)18/h5-7H,4,8-10H2,1-3H3,(H,17,18). The summed E-state index contributed by atoms with van der Waals surface area (Å²) in [5.41, 5.74) is 3.19. The fraction of sp³-hybridized carbons (Fsp3) is 0.533. The fourth-order valence-electron chi connectivity index (χ4n) is 2.78. The molecular formula is C15H21NO2. The predicted molar refractivity (Wildman–Crippen MR) is 73.1 cm³/mol. The van der Waals surface area contributed by atoms with Gasteiger partial charge in [-0.2, -0.15) is 0 Å². The Kier molecular flexibility index (Phi) is 3.33. The lowest BCUT2D eigenvalue weighted by Gasteiger charge is -2.25. The van der Waals surface area contributed by atoms with Crippen LogP contribution in [0.2, 0.25) is 0 Å². The summed E-state index contributed by atoms with van der Waals surface area (Å²) in [5, 5.41) is 9.31. The van der Waals surface area contributed by atoms with E-state index in [1.165, 1.54) is 16.8 Å². The minimum Gasteiger partial charge on any atom is -0.481 e. The Morgan fingerprint density at radius 2 is 2.22 bits per heavy atom. The van der Waals surface area contributed by atoms with Crippen LogP contribution in [0.3, 0.4) is 0 Å². The molecule has 1 unspecified atom stereocenters. The van der Waals surface area contributed by atoms with Crippen molar-refractivity contribution in [3.05, 3.63) is 29.3 Å². The van der Waals surface area contributed by atoms with Crippen LogP contribution in [0.4, 0.5) is 5.69 Å². The number of benzene rings is 1. The van der Waals surface area contributed by atoms with Crippen LogP contribution >= 0.6 is 0 Å². The highest BCUT2D eigenvalue weighted by molar-refractivity contribution is 5.77. The first-order chi connectivity index (χ1) is 8.48. The number of carboxylic acids is 1. The normalized spacial score (nSPS) is 23.4. The maximum atomic E-state index is 11.3. The van der Waals surface area contributed by atoms with Gasteiger partial charge >= 0.3 is 5.97 Å². The van der Waals surface area contributed by atoms with E-state index < -0.39 is 11.4 Å². The van der Waals surface area contributed by atoms with Gasteiger partial charge in [0.05, 0.1) is 5.41 Å². The number of aryl methyl sites for hydroxylation is 2. The second kappa shape index (κ2) is 4.63. The fourth-order valence-corrected chi connectivity index (χ4v) is 2.78. The third-order valence-electron chi connectivity index (χ3n) is 4.01. The quantitative estimate of drug-likeness (QED) is 0.893. The highest BCUT2D eigenvalue weighted by Crippen LogP contribution is 2.36. The monoisotopic (exact) mass is 247 g/mol. The van der Waals surface area contributed by atoms with E-state index in [1.807, 2.05) is 6.92 Å². The van der Waals surface area contributed by atoms with Crippen molar-refractivity contribution in [2.45, 2.75) is 33.6 Å². The van der Waals surface area contributed by atoms with Crippen molar-refractivity contribution in [2.75, 3.05) is 18.0 Å². The zero-order valence-corrected chi connectivity index (χ0v) is 11.4. The molecule has 0 saturated carbocycles. The van der Waals surface area contributed by atoms with E-state index in [2.05, 4.69) is 36.9 Å². The van der Waals surface area contributed by atoms with Crippen molar-refractivity contribution < 1.29 is 9.90 Å². The van der Waals surface area contributed by atoms with Crippen molar-refractivity contribution in [3.8, 4) is 0 Å². The van der Waals surface area contributed by atoms with Gasteiger partial charge < -0.3 is 10.0 Å². The molecule has 2 rings (SSSR count). The molecule has 1 N–H and O–H groups in total. The number of aliphatic carboxylic acids is 1. The first-order valence-corrected chi connectivity index (χ1v) is 6.55.